The van der Waals surface area contributed by atoms with Crippen molar-refractivity contribution < 1.29 is 4.79 Å². The van der Waals surface area contributed by atoms with E-state index < -0.39 is 0 Å². The Morgan fingerprint density at radius 1 is 1.35 bits per heavy atom. The van der Waals surface area contributed by atoms with E-state index in [1.807, 2.05) is 13.8 Å². The number of guanidine groups is 1. The van der Waals surface area contributed by atoms with Crippen LogP contribution >= 0.6 is 11.3 Å². The minimum atomic E-state index is -0.0346. The average molecular weight is 337 g/mol. The van der Waals surface area contributed by atoms with Crippen molar-refractivity contribution in [3.05, 3.63) is 27.7 Å². The Bertz CT molecular complexity index is 558. The summed E-state index contributed by atoms with van der Waals surface area (Å²) in [7, 11) is 3.44. The third-order valence-electron chi connectivity index (χ3n) is 3.13. The minimum Gasteiger partial charge on any atom is -0.356 e. The summed E-state index contributed by atoms with van der Waals surface area (Å²) >= 11 is 1.72. The standard InChI is InChI=1S/C16H27N5OS/c1-11(2)9-18-16(19-10-15(22)21(5)6)17-8-7-14-20-12(3)13(4)23-14/h1,7-10H2,2-6H3,(H2,17,18,19). The van der Waals surface area contributed by atoms with Gasteiger partial charge in [-0.05, 0) is 20.8 Å². The van der Waals surface area contributed by atoms with Gasteiger partial charge in [0.25, 0.3) is 0 Å². The van der Waals surface area contributed by atoms with Crippen LogP contribution in [0.3, 0.4) is 0 Å². The quantitative estimate of drug-likeness (QED) is 0.449. The molecule has 6 nitrogen and oxygen atoms in total. The fraction of sp³-hybridized carbons (Fsp3) is 0.562. The van der Waals surface area contributed by atoms with E-state index in [1.165, 1.54) is 9.78 Å². The van der Waals surface area contributed by atoms with Crippen molar-refractivity contribution >= 4 is 23.2 Å². The lowest BCUT2D eigenvalue weighted by atomic mass is 10.3. The number of aliphatic imine (C=N–C) groups is 1. The van der Waals surface area contributed by atoms with Crippen LogP contribution in [0.4, 0.5) is 0 Å². The molecular weight excluding hydrogens is 310 g/mol. The summed E-state index contributed by atoms with van der Waals surface area (Å²) in [6, 6.07) is 0. The van der Waals surface area contributed by atoms with E-state index in [0.29, 0.717) is 19.0 Å². The van der Waals surface area contributed by atoms with E-state index in [1.54, 1.807) is 25.4 Å². The predicted octanol–water partition coefficient (Wildman–Crippen LogP) is 1.50. The van der Waals surface area contributed by atoms with Gasteiger partial charge in [-0.15, -0.1) is 11.3 Å². The highest BCUT2D eigenvalue weighted by atomic mass is 32.1. The SMILES string of the molecule is C=C(C)CNC(=NCC(=O)N(C)C)NCCc1nc(C)c(C)s1. The first kappa shape index (κ1) is 19.2. The molecule has 0 aromatic carbocycles. The Balaban J connectivity index is 2.55. The Morgan fingerprint density at radius 2 is 2.04 bits per heavy atom. The number of likely N-dealkylation sites (N-methyl/N-ethyl adjacent to an activating group) is 1. The van der Waals surface area contributed by atoms with Crippen molar-refractivity contribution in [2.45, 2.75) is 27.2 Å². The van der Waals surface area contributed by atoms with Crippen LogP contribution in [0.25, 0.3) is 0 Å². The Morgan fingerprint density at radius 3 is 2.57 bits per heavy atom. The van der Waals surface area contributed by atoms with E-state index in [2.05, 4.69) is 34.1 Å². The van der Waals surface area contributed by atoms with Gasteiger partial charge < -0.3 is 15.5 Å². The van der Waals surface area contributed by atoms with Crippen molar-refractivity contribution in [3.63, 3.8) is 0 Å². The first-order valence-corrected chi connectivity index (χ1v) is 8.41. The third-order valence-corrected chi connectivity index (χ3v) is 4.27. The first-order chi connectivity index (χ1) is 10.8. The van der Waals surface area contributed by atoms with Gasteiger partial charge in [0.15, 0.2) is 5.96 Å². The Kier molecular flexibility index (Phi) is 7.74. The van der Waals surface area contributed by atoms with Crippen molar-refractivity contribution in [2.24, 2.45) is 4.99 Å². The molecule has 1 amide bonds. The van der Waals surface area contributed by atoms with Crippen LogP contribution in [0.1, 0.15) is 22.5 Å². The summed E-state index contributed by atoms with van der Waals surface area (Å²) < 4.78 is 0. The summed E-state index contributed by atoms with van der Waals surface area (Å²) in [6.07, 6.45) is 0.828. The van der Waals surface area contributed by atoms with Crippen molar-refractivity contribution in [1.82, 2.24) is 20.5 Å². The van der Waals surface area contributed by atoms with Crippen LogP contribution in [0.2, 0.25) is 0 Å². The number of carbonyl (C=O) groups excluding carboxylic acids is 1. The van der Waals surface area contributed by atoms with Gasteiger partial charge in [-0.25, -0.2) is 9.98 Å². The van der Waals surface area contributed by atoms with Crippen molar-refractivity contribution in [2.75, 3.05) is 33.7 Å². The molecule has 0 spiro atoms. The number of carbonyl (C=O) groups is 1. The molecule has 128 valence electrons. The summed E-state index contributed by atoms with van der Waals surface area (Å²) in [6.45, 7) is 11.4. The fourth-order valence-electron chi connectivity index (χ4n) is 1.63. The maximum absolute atomic E-state index is 11.7. The van der Waals surface area contributed by atoms with Crippen molar-refractivity contribution in [3.8, 4) is 0 Å². The van der Waals surface area contributed by atoms with Gasteiger partial charge in [-0.1, -0.05) is 12.2 Å². The monoisotopic (exact) mass is 337 g/mol. The molecule has 0 atom stereocenters. The largest absolute Gasteiger partial charge is 0.356 e. The summed E-state index contributed by atoms with van der Waals surface area (Å²) in [5, 5.41) is 7.52. The van der Waals surface area contributed by atoms with Crippen molar-refractivity contribution in [1.29, 1.82) is 0 Å². The summed E-state index contributed by atoms with van der Waals surface area (Å²) in [5.74, 6) is 0.584. The maximum atomic E-state index is 11.7. The molecule has 0 fully saturated rings. The Hall–Kier alpha value is -1.89. The first-order valence-electron chi connectivity index (χ1n) is 7.59. The summed E-state index contributed by atoms with van der Waals surface area (Å²) in [5.41, 5.74) is 2.10. The van der Waals surface area contributed by atoms with Gasteiger partial charge in [0, 0.05) is 38.5 Å². The number of rotatable bonds is 7. The van der Waals surface area contributed by atoms with E-state index in [4.69, 9.17) is 0 Å². The number of aryl methyl sites for hydroxylation is 2. The molecule has 1 aromatic heterocycles. The molecule has 0 aliphatic heterocycles. The molecule has 1 heterocycles. The second-order valence-electron chi connectivity index (χ2n) is 5.69. The molecule has 2 N–H and O–H groups in total. The second-order valence-corrected chi connectivity index (χ2v) is 6.98. The zero-order chi connectivity index (χ0) is 17.4. The topological polar surface area (TPSA) is 69.6 Å². The molecule has 0 unspecified atom stereocenters. The minimum absolute atomic E-state index is 0.0346. The van der Waals surface area contributed by atoms with Crippen LogP contribution in [0.5, 0.6) is 0 Å². The van der Waals surface area contributed by atoms with Crippen LogP contribution in [-0.2, 0) is 11.2 Å². The highest BCUT2D eigenvalue weighted by molar-refractivity contribution is 7.11. The number of hydrogen-bond donors (Lipinski definition) is 2. The lowest BCUT2D eigenvalue weighted by molar-refractivity contribution is -0.127. The number of amides is 1. The lowest BCUT2D eigenvalue weighted by Gasteiger charge is -2.13. The molecule has 23 heavy (non-hydrogen) atoms. The van der Waals surface area contributed by atoms with Crippen LogP contribution in [0, 0.1) is 13.8 Å². The molecular formula is C16H27N5OS. The molecule has 0 saturated carbocycles. The number of thiazole rings is 1. The maximum Gasteiger partial charge on any atom is 0.243 e. The van der Waals surface area contributed by atoms with Gasteiger partial charge in [-0.3, -0.25) is 4.79 Å². The molecule has 0 radical (unpaired) electrons. The molecule has 1 rings (SSSR count). The number of nitrogens with zero attached hydrogens (tertiary/aromatic N) is 3. The molecule has 7 heteroatoms. The van der Waals surface area contributed by atoms with Gasteiger partial charge in [0.1, 0.15) is 6.54 Å². The van der Waals surface area contributed by atoms with Gasteiger partial charge >= 0.3 is 0 Å². The average Bonchev–Trinajstić information content (AvgIpc) is 2.79. The van der Waals surface area contributed by atoms with Crippen LogP contribution in [0.15, 0.2) is 17.1 Å². The van der Waals surface area contributed by atoms with E-state index in [0.717, 1.165) is 22.7 Å². The molecule has 0 aliphatic carbocycles. The zero-order valence-electron chi connectivity index (χ0n) is 14.7. The van der Waals surface area contributed by atoms with Crippen LogP contribution in [-0.4, -0.2) is 55.5 Å². The van der Waals surface area contributed by atoms with Gasteiger partial charge in [0.2, 0.25) is 5.91 Å². The smallest absolute Gasteiger partial charge is 0.243 e. The highest BCUT2D eigenvalue weighted by Crippen LogP contribution is 2.16. The molecule has 0 bridgehead atoms. The van der Waals surface area contributed by atoms with E-state index in [9.17, 15) is 4.79 Å². The number of nitrogens with one attached hydrogen (secondary N) is 2. The third kappa shape index (κ3) is 7.27. The van der Waals surface area contributed by atoms with Crippen LogP contribution < -0.4 is 10.6 Å². The number of aromatic nitrogens is 1. The molecule has 0 saturated heterocycles. The molecule has 0 aliphatic rings. The van der Waals surface area contributed by atoms with Gasteiger partial charge in [0.05, 0.1) is 10.7 Å². The fourth-order valence-corrected chi connectivity index (χ4v) is 2.56. The highest BCUT2D eigenvalue weighted by Gasteiger charge is 2.06. The Labute approximate surface area is 142 Å². The lowest BCUT2D eigenvalue weighted by Crippen LogP contribution is -2.40. The number of hydrogen-bond acceptors (Lipinski definition) is 4. The van der Waals surface area contributed by atoms with E-state index in [-0.39, 0.29) is 12.5 Å². The predicted molar refractivity (Wildman–Crippen MR) is 97.1 cm³/mol. The normalized spacial score (nSPS) is 11.3. The van der Waals surface area contributed by atoms with E-state index >= 15 is 0 Å². The second kappa shape index (κ2) is 9.29. The zero-order valence-corrected chi connectivity index (χ0v) is 15.5. The van der Waals surface area contributed by atoms with Gasteiger partial charge in [-0.2, -0.15) is 0 Å². The summed E-state index contributed by atoms with van der Waals surface area (Å²) in [4.78, 5) is 23.3. The molecule has 1 aromatic rings.